The number of carbonyl (C=O) groups excluding carboxylic acids is 1. The van der Waals surface area contributed by atoms with Crippen molar-refractivity contribution in [3.63, 3.8) is 0 Å². The molecule has 0 fully saturated rings. The Kier molecular flexibility index (Phi) is 5.63. The van der Waals surface area contributed by atoms with Crippen molar-refractivity contribution in [3.8, 4) is 11.3 Å². The molecule has 0 aliphatic carbocycles. The standard InChI is InChI=1S/C23H28N4O/c1-7-26(14-15(2)3)23(28)19-12-21(18-10-8-17(6)9-11-18)25-22-20(19)13-24-27(22)16(4)5/h8-13,16H,2,7,14H2,1,3-6H3. The number of nitrogens with zero attached hydrogens (tertiary/aromatic N) is 4. The van der Waals surface area contributed by atoms with Crippen molar-refractivity contribution in [2.24, 2.45) is 0 Å². The van der Waals surface area contributed by atoms with Gasteiger partial charge in [0.05, 0.1) is 22.8 Å². The van der Waals surface area contributed by atoms with E-state index in [0.29, 0.717) is 18.7 Å². The summed E-state index contributed by atoms with van der Waals surface area (Å²) in [5.41, 5.74) is 5.29. The third-order valence-electron chi connectivity index (χ3n) is 4.76. The quantitative estimate of drug-likeness (QED) is 0.567. The Morgan fingerprint density at radius 3 is 2.50 bits per heavy atom. The lowest BCUT2D eigenvalue weighted by atomic mass is 10.0. The Labute approximate surface area is 166 Å². The highest BCUT2D eigenvalue weighted by Crippen LogP contribution is 2.27. The van der Waals surface area contributed by atoms with Crippen LogP contribution in [0.4, 0.5) is 0 Å². The summed E-state index contributed by atoms with van der Waals surface area (Å²) in [7, 11) is 0. The molecule has 3 aromatic rings. The molecule has 0 bridgehead atoms. The number of hydrogen-bond donors (Lipinski definition) is 0. The topological polar surface area (TPSA) is 51.0 Å². The molecule has 1 amide bonds. The third kappa shape index (κ3) is 3.84. The average molecular weight is 377 g/mol. The molecule has 146 valence electrons. The van der Waals surface area contributed by atoms with E-state index in [0.717, 1.165) is 27.9 Å². The minimum atomic E-state index is -0.0189. The molecule has 0 saturated heterocycles. The number of hydrogen-bond acceptors (Lipinski definition) is 3. The van der Waals surface area contributed by atoms with Crippen molar-refractivity contribution in [1.82, 2.24) is 19.7 Å². The predicted octanol–water partition coefficient (Wildman–Crippen LogP) is 5.03. The highest BCUT2D eigenvalue weighted by Gasteiger charge is 2.22. The van der Waals surface area contributed by atoms with Gasteiger partial charge in [-0.15, -0.1) is 0 Å². The van der Waals surface area contributed by atoms with E-state index in [9.17, 15) is 4.79 Å². The number of likely N-dealkylation sites (N-methyl/N-ethyl adjacent to an activating group) is 1. The van der Waals surface area contributed by atoms with Gasteiger partial charge in [-0.3, -0.25) is 4.79 Å². The van der Waals surface area contributed by atoms with Crippen LogP contribution in [0.5, 0.6) is 0 Å². The summed E-state index contributed by atoms with van der Waals surface area (Å²) in [6.07, 6.45) is 1.75. The van der Waals surface area contributed by atoms with Gasteiger partial charge in [0.2, 0.25) is 0 Å². The molecular formula is C23H28N4O. The molecule has 0 aliphatic rings. The van der Waals surface area contributed by atoms with Crippen molar-refractivity contribution in [2.75, 3.05) is 13.1 Å². The summed E-state index contributed by atoms with van der Waals surface area (Å²) in [5, 5.41) is 5.29. The molecule has 3 rings (SSSR count). The smallest absolute Gasteiger partial charge is 0.255 e. The van der Waals surface area contributed by atoms with Crippen molar-refractivity contribution in [1.29, 1.82) is 0 Å². The number of carbonyl (C=O) groups is 1. The van der Waals surface area contributed by atoms with E-state index in [1.807, 2.05) is 41.6 Å². The lowest BCUT2D eigenvalue weighted by molar-refractivity contribution is 0.0780. The third-order valence-corrected chi connectivity index (χ3v) is 4.76. The molecule has 28 heavy (non-hydrogen) atoms. The number of fused-ring (bicyclic) bond motifs is 1. The van der Waals surface area contributed by atoms with Crippen LogP contribution in [0.3, 0.4) is 0 Å². The van der Waals surface area contributed by atoms with Crippen LogP contribution in [0, 0.1) is 6.92 Å². The molecule has 2 aromatic heterocycles. The molecule has 5 heteroatoms. The van der Waals surface area contributed by atoms with Gasteiger partial charge >= 0.3 is 0 Å². The fourth-order valence-electron chi connectivity index (χ4n) is 3.27. The molecule has 0 N–H and O–H groups in total. The largest absolute Gasteiger partial charge is 0.335 e. The van der Waals surface area contributed by atoms with Crippen molar-refractivity contribution in [2.45, 2.75) is 40.7 Å². The molecule has 0 spiro atoms. The Morgan fingerprint density at radius 2 is 1.93 bits per heavy atom. The van der Waals surface area contributed by atoms with Crippen LogP contribution in [0.25, 0.3) is 22.3 Å². The monoisotopic (exact) mass is 376 g/mol. The predicted molar refractivity (Wildman–Crippen MR) is 114 cm³/mol. The zero-order valence-electron chi connectivity index (χ0n) is 17.4. The molecule has 0 atom stereocenters. The average Bonchev–Trinajstić information content (AvgIpc) is 3.09. The molecule has 5 nitrogen and oxygen atoms in total. The summed E-state index contributed by atoms with van der Waals surface area (Å²) < 4.78 is 1.87. The van der Waals surface area contributed by atoms with Gasteiger partial charge in [-0.1, -0.05) is 42.0 Å². The maximum atomic E-state index is 13.4. The minimum Gasteiger partial charge on any atom is -0.335 e. The first-order valence-electron chi connectivity index (χ1n) is 9.70. The first-order chi connectivity index (χ1) is 13.3. The van der Waals surface area contributed by atoms with Crippen molar-refractivity contribution >= 4 is 16.9 Å². The zero-order chi connectivity index (χ0) is 20.4. The molecule has 0 saturated carbocycles. The molecule has 1 aromatic carbocycles. The molecular weight excluding hydrogens is 348 g/mol. The number of rotatable bonds is 6. The maximum absolute atomic E-state index is 13.4. The van der Waals surface area contributed by atoms with Crippen LogP contribution < -0.4 is 0 Å². The second-order valence-corrected chi connectivity index (χ2v) is 7.62. The highest BCUT2D eigenvalue weighted by atomic mass is 16.2. The summed E-state index contributed by atoms with van der Waals surface area (Å²) >= 11 is 0. The first kappa shape index (κ1) is 19.8. The SMILES string of the molecule is C=C(C)CN(CC)C(=O)c1cc(-c2ccc(C)cc2)nc2c1cnn2C(C)C. The first-order valence-corrected chi connectivity index (χ1v) is 9.70. The molecule has 0 unspecified atom stereocenters. The van der Waals surface area contributed by atoms with Crippen LogP contribution in [-0.2, 0) is 0 Å². The van der Waals surface area contributed by atoms with Crippen LogP contribution in [0.1, 0.15) is 49.7 Å². The van der Waals surface area contributed by atoms with Gasteiger partial charge in [0.15, 0.2) is 5.65 Å². The van der Waals surface area contributed by atoms with Crippen LogP contribution in [0.15, 0.2) is 48.7 Å². The van der Waals surface area contributed by atoms with Gasteiger partial charge in [-0.25, -0.2) is 9.67 Å². The summed E-state index contributed by atoms with van der Waals surface area (Å²) in [5.74, 6) is -0.0189. The number of aryl methyl sites for hydroxylation is 1. The van der Waals surface area contributed by atoms with Gasteiger partial charge in [0.25, 0.3) is 5.91 Å². The molecule has 0 radical (unpaired) electrons. The second-order valence-electron chi connectivity index (χ2n) is 7.62. The van der Waals surface area contributed by atoms with E-state index >= 15 is 0 Å². The van der Waals surface area contributed by atoms with Gasteiger partial charge in [-0.05, 0) is 40.7 Å². The normalized spacial score (nSPS) is 11.2. The number of amides is 1. The van der Waals surface area contributed by atoms with Gasteiger partial charge < -0.3 is 4.90 Å². The number of pyridine rings is 1. The van der Waals surface area contributed by atoms with E-state index in [1.54, 1.807) is 6.20 Å². The van der Waals surface area contributed by atoms with Gasteiger partial charge in [-0.2, -0.15) is 5.10 Å². The Bertz CT molecular complexity index is 1020. The van der Waals surface area contributed by atoms with E-state index in [4.69, 9.17) is 4.98 Å². The zero-order valence-corrected chi connectivity index (χ0v) is 17.4. The minimum absolute atomic E-state index is 0.0189. The van der Waals surface area contributed by atoms with E-state index in [2.05, 4.69) is 44.6 Å². The Hall–Kier alpha value is -2.95. The van der Waals surface area contributed by atoms with E-state index in [1.165, 1.54) is 5.56 Å². The Morgan fingerprint density at radius 1 is 1.25 bits per heavy atom. The maximum Gasteiger partial charge on any atom is 0.255 e. The van der Waals surface area contributed by atoms with Crippen LogP contribution in [0.2, 0.25) is 0 Å². The van der Waals surface area contributed by atoms with E-state index < -0.39 is 0 Å². The Balaban J connectivity index is 2.21. The number of benzene rings is 1. The fourth-order valence-corrected chi connectivity index (χ4v) is 3.27. The van der Waals surface area contributed by atoms with Crippen LogP contribution >= 0.6 is 0 Å². The summed E-state index contributed by atoms with van der Waals surface area (Å²) in [6, 6.07) is 10.2. The lowest BCUT2D eigenvalue weighted by Gasteiger charge is -2.22. The van der Waals surface area contributed by atoms with E-state index in [-0.39, 0.29) is 11.9 Å². The molecule has 2 heterocycles. The van der Waals surface area contributed by atoms with Crippen molar-refractivity contribution in [3.05, 3.63) is 59.8 Å². The van der Waals surface area contributed by atoms with Gasteiger partial charge in [0.1, 0.15) is 0 Å². The second kappa shape index (κ2) is 7.97. The van der Waals surface area contributed by atoms with Crippen LogP contribution in [-0.4, -0.2) is 38.7 Å². The number of aromatic nitrogens is 3. The fraction of sp³-hybridized carbons (Fsp3) is 0.348. The van der Waals surface area contributed by atoms with Gasteiger partial charge in [0, 0.05) is 24.7 Å². The summed E-state index contributed by atoms with van der Waals surface area (Å²) in [4.78, 5) is 20.0. The molecule has 0 aliphatic heterocycles. The lowest BCUT2D eigenvalue weighted by Crippen LogP contribution is -2.32. The highest BCUT2D eigenvalue weighted by molar-refractivity contribution is 6.06. The van der Waals surface area contributed by atoms with Crippen molar-refractivity contribution < 1.29 is 4.79 Å². The summed E-state index contributed by atoms with van der Waals surface area (Å²) in [6.45, 7) is 15.2.